The molecular formula is C17H25N5O. The molecule has 23 heavy (non-hydrogen) atoms. The second-order valence-electron chi connectivity index (χ2n) is 6.38. The van der Waals surface area contributed by atoms with E-state index in [4.69, 9.17) is 0 Å². The highest BCUT2D eigenvalue weighted by Gasteiger charge is 2.32. The number of rotatable bonds is 4. The van der Waals surface area contributed by atoms with E-state index in [0.717, 1.165) is 38.2 Å². The summed E-state index contributed by atoms with van der Waals surface area (Å²) in [6.45, 7) is 7.91. The number of imidazole rings is 2. The lowest BCUT2D eigenvalue weighted by atomic mass is 10.0. The molecule has 1 amide bonds. The molecule has 3 rings (SSSR count). The van der Waals surface area contributed by atoms with E-state index in [0.29, 0.717) is 11.7 Å². The number of hydrogen-bond donors (Lipinski definition) is 0. The Labute approximate surface area is 137 Å². The first-order chi connectivity index (χ1) is 11.1. The van der Waals surface area contributed by atoms with Crippen molar-refractivity contribution in [2.24, 2.45) is 0 Å². The largest absolute Gasteiger partial charge is 0.334 e. The highest BCUT2D eigenvalue weighted by atomic mass is 16.2. The summed E-state index contributed by atoms with van der Waals surface area (Å²) in [5.41, 5.74) is 0.528. The van der Waals surface area contributed by atoms with Crippen LogP contribution >= 0.6 is 0 Å². The summed E-state index contributed by atoms with van der Waals surface area (Å²) in [7, 11) is 0. The van der Waals surface area contributed by atoms with E-state index in [9.17, 15) is 4.79 Å². The molecule has 1 aliphatic rings. The molecular weight excluding hydrogens is 290 g/mol. The van der Waals surface area contributed by atoms with E-state index in [-0.39, 0.29) is 11.9 Å². The monoisotopic (exact) mass is 315 g/mol. The Kier molecular flexibility index (Phi) is 4.50. The van der Waals surface area contributed by atoms with Crippen molar-refractivity contribution in [1.82, 2.24) is 24.0 Å². The molecule has 0 N–H and O–H groups in total. The lowest BCUT2D eigenvalue weighted by Crippen LogP contribution is -2.39. The van der Waals surface area contributed by atoms with Crippen LogP contribution in [0.3, 0.4) is 0 Å². The summed E-state index contributed by atoms with van der Waals surface area (Å²) < 4.78 is 4.10. The van der Waals surface area contributed by atoms with Gasteiger partial charge < -0.3 is 14.0 Å². The first-order valence-corrected chi connectivity index (χ1v) is 8.47. The van der Waals surface area contributed by atoms with Crippen molar-refractivity contribution >= 4 is 5.91 Å². The normalized spacial score (nSPS) is 18.6. The third kappa shape index (κ3) is 3.02. The summed E-state index contributed by atoms with van der Waals surface area (Å²) in [5.74, 6) is 1.00. The molecule has 2 aromatic rings. The Morgan fingerprint density at radius 1 is 1.35 bits per heavy atom. The van der Waals surface area contributed by atoms with Crippen LogP contribution in [0.5, 0.6) is 0 Å². The molecule has 0 bridgehead atoms. The zero-order chi connectivity index (χ0) is 16.4. The van der Waals surface area contributed by atoms with E-state index < -0.39 is 0 Å². The number of amides is 1. The van der Waals surface area contributed by atoms with Gasteiger partial charge in [0.2, 0.25) is 0 Å². The standard InChI is InChI=1S/C17H25N5O/c1-4-20-10-8-18-16(20)15-7-5-6-9-22(15)17(23)14-11-21(12-19-14)13(2)3/h8,10-13,15H,4-7,9H2,1-3H3/t15-/m0/s1. The summed E-state index contributed by atoms with van der Waals surface area (Å²) >= 11 is 0. The molecule has 0 unspecified atom stereocenters. The summed E-state index contributed by atoms with van der Waals surface area (Å²) in [4.78, 5) is 23.7. The highest BCUT2D eigenvalue weighted by Crippen LogP contribution is 2.31. The molecule has 1 fully saturated rings. The fourth-order valence-corrected chi connectivity index (χ4v) is 3.21. The number of likely N-dealkylation sites (tertiary alicyclic amines) is 1. The van der Waals surface area contributed by atoms with Crippen LogP contribution in [0.25, 0.3) is 0 Å². The van der Waals surface area contributed by atoms with Gasteiger partial charge in [-0.2, -0.15) is 0 Å². The summed E-state index contributed by atoms with van der Waals surface area (Å²) in [6, 6.07) is 0.357. The minimum Gasteiger partial charge on any atom is -0.334 e. The Bertz CT molecular complexity index is 672. The van der Waals surface area contributed by atoms with E-state index in [1.165, 1.54) is 0 Å². The lowest BCUT2D eigenvalue weighted by molar-refractivity contribution is 0.0589. The van der Waals surface area contributed by atoms with Crippen LogP contribution < -0.4 is 0 Å². The van der Waals surface area contributed by atoms with Crippen LogP contribution in [0.15, 0.2) is 24.9 Å². The topological polar surface area (TPSA) is 56.0 Å². The zero-order valence-corrected chi connectivity index (χ0v) is 14.1. The van der Waals surface area contributed by atoms with Gasteiger partial charge in [-0.3, -0.25) is 4.79 Å². The summed E-state index contributed by atoms with van der Waals surface area (Å²) in [5, 5.41) is 0. The second kappa shape index (κ2) is 6.56. The van der Waals surface area contributed by atoms with E-state index >= 15 is 0 Å². The van der Waals surface area contributed by atoms with Crippen molar-refractivity contribution in [1.29, 1.82) is 0 Å². The molecule has 0 radical (unpaired) electrons. The van der Waals surface area contributed by atoms with Gasteiger partial charge in [-0.15, -0.1) is 0 Å². The third-order valence-corrected chi connectivity index (χ3v) is 4.57. The van der Waals surface area contributed by atoms with E-state index in [1.54, 1.807) is 6.33 Å². The number of nitrogens with zero attached hydrogens (tertiary/aromatic N) is 5. The van der Waals surface area contributed by atoms with Gasteiger partial charge in [-0.1, -0.05) is 0 Å². The van der Waals surface area contributed by atoms with Gasteiger partial charge >= 0.3 is 0 Å². The molecule has 6 heteroatoms. The van der Waals surface area contributed by atoms with Gasteiger partial charge in [0.25, 0.3) is 5.91 Å². The first kappa shape index (κ1) is 15.8. The van der Waals surface area contributed by atoms with Crippen molar-refractivity contribution in [2.75, 3.05) is 6.54 Å². The molecule has 0 aromatic carbocycles. The number of aromatic nitrogens is 4. The smallest absolute Gasteiger partial charge is 0.274 e. The van der Waals surface area contributed by atoms with Gasteiger partial charge in [0.15, 0.2) is 0 Å². The van der Waals surface area contributed by atoms with Crippen molar-refractivity contribution in [3.8, 4) is 0 Å². The molecule has 1 atom stereocenters. The van der Waals surface area contributed by atoms with Crippen LogP contribution in [0.1, 0.15) is 68.4 Å². The Hall–Kier alpha value is -2.11. The van der Waals surface area contributed by atoms with Gasteiger partial charge in [0.1, 0.15) is 11.5 Å². The molecule has 0 aliphatic carbocycles. The van der Waals surface area contributed by atoms with Gasteiger partial charge in [-0.25, -0.2) is 9.97 Å². The third-order valence-electron chi connectivity index (χ3n) is 4.57. The van der Waals surface area contributed by atoms with Gasteiger partial charge in [0.05, 0.1) is 12.4 Å². The van der Waals surface area contributed by atoms with Crippen LogP contribution in [0.2, 0.25) is 0 Å². The van der Waals surface area contributed by atoms with E-state index in [2.05, 4.69) is 35.3 Å². The molecule has 2 aromatic heterocycles. The average Bonchev–Trinajstić information content (AvgIpc) is 3.23. The quantitative estimate of drug-likeness (QED) is 0.871. The zero-order valence-electron chi connectivity index (χ0n) is 14.1. The van der Waals surface area contributed by atoms with Gasteiger partial charge in [0, 0.05) is 37.7 Å². The average molecular weight is 315 g/mol. The van der Waals surface area contributed by atoms with Crippen molar-refractivity contribution in [3.63, 3.8) is 0 Å². The summed E-state index contributed by atoms with van der Waals surface area (Å²) in [6.07, 6.45) is 10.5. The maximum absolute atomic E-state index is 13.0. The highest BCUT2D eigenvalue weighted by molar-refractivity contribution is 5.92. The molecule has 1 aliphatic heterocycles. The number of hydrogen-bond acceptors (Lipinski definition) is 3. The number of aryl methyl sites for hydroxylation is 1. The minimum absolute atomic E-state index is 0.0137. The molecule has 3 heterocycles. The minimum atomic E-state index is 0.0137. The van der Waals surface area contributed by atoms with Crippen molar-refractivity contribution in [3.05, 3.63) is 36.4 Å². The molecule has 0 saturated carbocycles. The fraction of sp³-hybridized carbons (Fsp3) is 0.588. The lowest BCUT2D eigenvalue weighted by Gasteiger charge is -2.35. The Balaban J connectivity index is 1.87. The SMILES string of the molecule is CCn1ccnc1[C@@H]1CCCCN1C(=O)c1cn(C(C)C)cn1. The first-order valence-electron chi connectivity index (χ1n) is 8.47. The molecule has 124 valence electrons. The molecule has 1 saturated heterocycles. The van der Waals surface area contributed by atoms with Crippen molar-refractivity contribution < 1.29 is 4.79 Å². The predicted molar refractivity (Wildman–Crippen MR) is 88.1 cm³/mol. The maximum atomic E-state index is 13.0. The number of carbonyl (C=O) groups is 1. The number of carbonyl (C=O) groups excluding carboxylic acids is 1. The van der Waals surface area contributed by atoms with E-state index in [1.807, 2.05) is 28.1 Å². The fourth-order valence-electron chi connectivity index (χ4n) is 3.21. The predicted octanol–water partition coefficient (Wildman–Crippen LogP) is 3.05. The van der Waals surface area contributed by atoms with Crippen LogP contribution in [0, 0.1) is 0 Å². The Morgan fingerprint density at radius 3 is 2.87 bits per heavy atom. The van der Waals surface area contributed by atoms with Crippen LogP contribution in [-0.4, -0.2) is 36.5 Å². The molecule has 0 spiro atoms. The van der Waals surface area contributed by atoms with Crippen molar-refractivity contribution in [2.45, 2.75) is 58.7 Å². The van der Waals surface area contributed by atoms with Crippen LogP contribution in [-0.2, 0) is 6.54 Å². The van der Waals surface area contributed by atoms with Crippen LogP contribution in [0.4, 0.5) is 0 Å². The van der Waals surface area contributed by atoms with Gasteiger partial charge in [-0.05, 0) is 40.0 Å². The Morgan fingerprint density at radius 2 is 2.17 bits per heavy atom. The maximum Gasteiger partial charge on any atom is 0.274 e. The second-order valence-corrected chi connectivity index (χ2v) is 6.38. The number of piperidine rings is 1. The molecule has 6 nitrogen and oxygen atoms in total.